The molecule has 0 radical (unpaired) electrons. The Morgan fingerprint density at radius 3 is 2.59 bits per heavy atom. The number of rotatable bonds is 3. The van der Waals surface area contributed by atoms with Gasteiger partial charge in [0.25, 0.3) is 0 Å². The second kappa shape index (κ2) is 7.49. The van der Waals surface area contributed by atoms with E-state index in [4.69, 9.17) is 16.1 Å². The number of hydrogen-bond donors (Lipinski definition) is 2. The number of aromatic nitrogens is 2. The Morgan fingerprint density at radius 1 is 1.34 bits per heavy atom. The maximum atomic E-state index is 12.8. The standard InChI is InChI=1S/C18H20ClF3N4O3/c1-17(2,3)13-6-14(25-29-13)24-16(28)12-5-10(27)8-26(12)15-11(19)4-9(7-23-15)18(20,21)22/h4,6-7,10,12,27H,5,8H2,1-3H3,(H,24,25,28)/t10-,12-/m0/s1. The Bertz CT molecular complexity index is 910. The number of carbonyl (C=O) groups excluding carboxylic acids is 1. The first kappa shape index (κ1) is 21.4. The summed E-state index contributed by atoms with van der Waals surface area (Å²) in [6.45, 7) is 5.77. The topological polar surface area (TPSA) is 91.5 Å². The van der Waals surface area contributed by atoms with Crippen molar-refractivity contribution in [1.29, 1.82) is 0 Å². The lowest BCUT2D eigenvalue weighted by molar-refractivity contribution is -0.137. The van der Waals surface area contributed by atoms with Gasteiger partial charge in [-0.25, -0.2) is 4.98 Å². The zero-order valence-corrected chi connectivity index (χ0v) is 16.7. The first-order valence-electron chi connectivity index (χ1n) is 8.82. The molecule has 7 nitrogen and oxygen atoms in total. The number of hydrogen-bond acceptors (Lipinski definition) is 6. The summed E-state index contributed by atoms with van der Waals surface area (Å²) < 4.78 is 43.7. The van der Waals surface area contributed by atoms with E-state index < -0.39 is 29.8 Å². The lowest BCUT2D eigenvalue weighted by atomic mass is 9.93. The molecule has 0 spiro atoms. The molecule has 0 aromatic carbocycles. The number of halogens is 4. The van der Waals surface area contributed by atoms with Gasteiger partial charge in [-0.2, -0.15) is 13.2 Å². The van der Waals surface area contributed by atoms with Crippen LogP contribution in [-0.4, -0.2) is 39.8 Å². The molecule has 1 aliphatic rings. The van der Waals surface area contributed by atoms with Crippen LogP contribution in [0, 0.1) is 0 Å². The highest BCUT2D eigenvalue weighted by atomic mass is 35.5. The summed E-state index contributed by atoms with van der Waals surface area (Å²) in [5.74, 6) is 0.260. The van der Waals surface area contributed by atoms with Gasteiger partial charge in [-0.3, -0.25) is 4.79 Å². The molecule has 29 heavy (non-hydrogen) atoms. The molecule has 2 aromatic heterocycles. The van der Waals surface area contributed by atoms with Crippen molar-refractivity contribution >= 4 is 29.1 Å². The molecule has 3 heterocycles. The molecule has 2 aromatic rings. The van der Waals surface area contributed by atoms with Crippen LogP contribution in [0.1, 0.15) is 38.5 Å². The van der Waals surface area contributed by atoms with Crippen LogP contribution in [0.25, 0.3) is 0 Å². The second-order valence-electron chi connectivity index (χ2n) is 7.90. The van der Waals surface area contributed by atoms with E-state index in [1.54, 1.807) is 6.07 Å². The zero-order chi connectivity index (χ0) is 21.6. The van der Waals surface area contributed by atoms with Crippen LogP contribution >= 0.6 is 11.6 Å². The van der Waals surface area contributed by atoms with Crippen molar-refractivity contribution in [3.63, 3.8) is 0 Å². The van der Waals surface area contributed by atoms with Gasteiger partial charge in [-0.1, -0.05) is 37.5 Å². The molecule has 1 saturated heterocycles. The monoisotopic (exact) mass is 432 g/mol. The minimum absolute atomic E-state index is 0.00221. The van der Waals surface area contributed by atoms with Crippen molar-refractivity contribution < 1.29 is 27.6 Å². The van der Waals surface area contributed by atoms with E-state index in [-0.39, 0.29) is 35.0 Å². The molecule has 0 unspecified atom stereocenters. The van der Waals surface area contributed by atoms with Gasteiger partial charge in [0.15, 0.2) is 5.82 Å². The van der Waals surface area contributed by atoms with Gasteiger partial charge in [-0.05, 0) is 6.07 Å². The SMILES string of the molecule is CC(C)(C)c1cc(NC(=O)[C@@H]2C[C@H](O)CN2c2ncc(C(F)(F)F)cc2Cl)no1. The highest BCUT2D eigenvalue weighted by molar-refractivity contribution is 6.33. The smallest absolute Gasteiger partial charge is 0.391 e. The maximum Gasteiger partial charge on any atom is 0.417 e. The summed E-state index contributed by atoms with van der Waals surface area (Å²) in [7, 11) is 0. The third-order valence-electron chi connectivity index (χ3n) is 4.50. The molecule has 158 valence electrons. The predicted octanol–water partition coefficient (Wildman–Crippen LogP) is 3.62. The van der Waals surface area contributed by atoms with Crippen molar-refractivity contribution in [3.8, 4) is 0 Å². The molecule has 2 atom stereocenters. The molecule has 1 aliphatic heterocycles. The summed E-state index contributed by atoms with van der Waals surface area (Å²) in [6, 6.07) is 1.45. The number of carbonyl (C=O) groups is 1. The molecule has 11 heteroatoms. The van der Waals surface area contributed by atoms with Crippen molar-refractivity contribution in [1.82, 2.24) is 10.1 Å². The molecule has 0 bridgehead atoms. The van der Waals surface area contributed by atoms with Gasteiger partial charge in [0, 0.05) is 30.6 Å². The first-order valence-corrected chi connectivity index (χ1v) is 9.19. The van der Waals surface area contributed by atoms with Crippen molar-refractivity contribution in [2.45, 2.75) is 50.9 Å². The van der Waals surface area contributed by atoms with Crippen LogP contribution in [-0.2, 0) is 16.4 Å². The van der Waals surface area contributed by atoms with Crippen LogP contribution in [0.3, 0.4) is 0 Å². The highest BCUT2D eigenvalue weighted by Crippen LogP contribution is 2.36. The molecule has 1 fully saturated rings. The summed E-state index contributed by atoms with van der Waals surface area (Å²) in [4.78, 5) is 17.9. The predicted molar refractivity (Wildman–Crippen MR) is 99.8 cm³/mol. The third kappa shape index (κ3) is 4.64. The number of anilines is 2. The average molecular weight is 433 g/mol. The third-order valence-corrected chi connectivity index (χ3v) is 4.78. The lowest BCUT2D eigenvalue weighted by Crippen LogP contribution is -2.40. The van der Waals surface area contributed by atoms with Gasteiger partial charge in [0.05, 0.1) is 16.7 Å². The summed E-state index contributed by atoms with van der Waals surface area (Å²) >= 11 is 6.00. The number of aliphatic hydroxyl groups excluding tert-OH is 1. The number of aliphatic hydroxyl groups is 1. The molecule has 0 saturated carbocycles. The summed E-state index contributed by atoms with van der Waals surface area (Å²) in [5, 5.41) is 16.2. The molecular weight excluding hydrogens is 413 g/mol. The number of β-amino-alcohol motifs (C(OH)–C–C–N with tert-alkyl or cyclic N) is 1. The molecule has 1 amide bonds. The maximum absolute atomic E-state index is 12.8. The van der Waals surface area contributed by atoms with E-state index >= 15 is 0 Å². The molecule has 0 aliphatic carbocycles. The van der Waals surface area contributed by atoms with E-state index in [1.165, 1.54) is 4.90 Å². The van der Waals surface area contributed by atoms with E-state index in [1.807, 2.05) is 20.8 Å². The molecule has 3 rings (SSSR count). The van der Waals surface area contributed by atoms with Gasteiger partial charge in [-0.15, -0.1) is 0 Å². The van der Waals surface area contributed by atoms with Crippen LogP contribution in [0.4, 0.5) is 24.8 Å². The lowest BCUT2D eigenvalue weighted by Gasteiger charge is -2.25. The molecular formula is C18H20ClF3N4O3. The van der Waals surface area contributed by atoms with Gasteiger partial charge >= 0.3 is 6.18 Å². The summed E-state index contributed by atoms with van der Waals surface area (Å²) in [5.41, 5.74) is -1.30. The van der Waals surface area contributed by atoms with Gasteiger partial charge in [0.2, 0.25) is 5.91 Å². The zero-order valence-electron chi connectivity index (χ0n) is 15.9. The first-order chi connectivity index (χ1) is 13.4. The fourth-order valence-corrected chi connectivity index (χ4v) is 3.27. The minimum Gasteiger partial charge on any atom is -0.391 e. The number of pyridine rings is 1. The normalized spacial score (nSPS) is 20.2. The number of nitrogens with one attached hydrogen (secondary N) is 1. The minimum atomic E-state index is -4.59. The average Bonchev–Trinajstić information content (AvgIpc) is 3.20. The molecule has 2 N–H and O–H groups in total. The Balaban J connectivity index is 1.81. The van der Waals surface area contributed by atoms with Crippen LogP contribution < -0.4 is 10.2 Å². The van der Waals surface area contributed by atoms with Crippen LogP contribution in [0.15, 0.2) is 22.9 Å². The van der Waals surface area contributed by atoms with E-state index in [2.05, 4.69) is 15.5 Å². The van der Waals surface area contributed by atoms with E-state index in [0.29, 0.717) is 12.0 Å². The largest absolute Gasteiger partial charge is 0.417 e. The Morgan fingerprint density at radius 2 is 2.03 bits per heavy atom. The van der Waals surface area contributed by atoms with Crippen molar-refractivity contribution in [3.05, 3.63) is 34.7 Å². The second-order valence-corrected chi connectivity index (χ2v) is 8.31. The van der Waals surface area contributed by atoms with Crippen molar-refractivity contribution in [2.24, 2.45) is 0 Å². The summed E-state index contributed by atoms with van der Waals surface area (Å²) in [6.07, 6.45) is -4.75. The highest BCUT2D eigenvalue weighted by Gasteiger charge is 2.39. The van der Waals surface area contributed by atoms with E-state index in [9.17, 15) is 23.1 Å². The van der Waals surface area contributed by atoms with Crippen molar-refractivity contribution in [2.75, 3.05) is 16.8 Å². The van der Waals surface area contributed by atoms with Gasteiger partial charge < -0.3 is 19.8 Å². The Hall–Kier alpha value is -2.33. The van der Waals surface area contributed by atoms with Crippen LogP contribution in [0.5, 0.6) is 0 Å². The number of nitrogens with zero attached hydrogens (tertiary/aromatic N) is 3. The fraction of sp³-hybridized carbons (Fsp3) is 0.500. The number of amides is 1. The Labute approximate surface area is 169 Å². The quantitative estimate of drug-likeness (QED) is 0.769. The van der Waals surface area contributed by atoms with Crippen LogP contribution in [0.2, 0.25) is 5.02 Å². The van der Waals surface area contributed by atoms with Gasteiger partial charge in [0.1, 0.15) is 17.6 Å². The fourth-order valence-electron chi connectivity index (χ4n) is 2.99. The number of alkyl halides is 3. The Kier molecular flexibility index (Phi) is 5.52. The van der Waals surface area contributed by atoms with E-state index in [0.717, 1.165) is 6.07 Å².